The molecule has 2 aliphatic carbocycles. The van der Waals surface area contributed by atoms with E-state index in [1.54, 1.807) is 0 Å². The second kappa shape index (κ2) is 15.2. The third kappa shape index (κ3) is 10.5. The number of aromatic nitrogens is 2. The molecule has 0 bridgehead atoms. The molecule has 9 heteroatoms. The molecule has 2 aliphatic rings. The lowest BCUT2D eigenvalue weighted by molar-refractivity contribution is -0.123. The summed E-state index contributed by atoms with van der Waals surface area (Å²) in [6.07, 6.45) is 7.56. The standard InChI is InChI=1S/C20H31N3O3S.C8H13NO.C2H6/c1-19(2,11-21-5)12-24-13-20(3,4)14-25-16-9-7-15(8-10-16)17-22-23-18(26-17)27-6;9-7-3-8(4-7)1-6(2-8)5-10;1-2/h7-10,21H,11-14H2,1-6H3;5-7H,1-4,9H2;1-2H3. The van der Waals surface area contributed by atoms with Gasteiger partial charge in [-0.05, 0) is 68.7 Å². The van der Waals surface area contributed by atoms with Gasteiger partial charge in [0.1, 0.15) is 12.0 Å². The summed E-state index contributed by atoms with van der Waals surface area (Å²) in [5.74, 6) is 1.70. The topological polar surface area (TPSA) is 112 Å². The number of benzene rings is 1. The quantitative estimate of drug-likeness (QED) is 0.243. The maximum Gasteiger partial charge on any atom is 0.276 e. The van der Waals surface area contributed by atoms with Crippen LogP contribution in [0.2, 0.25) is 0 Å². The summed E-state index contributed by atoms with van der Waals surface area (Å²) in [4.78, 5) is 10.3. The molecule has 1 heterocycles. The molecule has 1 aromatic carbocycles. The molecule has 2 aromatic rings. The fourth-order valence-electron chi connectivity index (χ4n) is 5.09. The number of aldehydes is 1. The van der Waals surface area contributed by atoms with Crippen molar-refractivity contribution in [1.82, 2.24) is 15.5 Å². The maximum absolute atomic E-state index is 10.3. The molecule has 0 amide bonds. The van der Waals surface area contributed by atoms with Crippen molar-refractivity contribution in [3.05, 3.63) is 24.3 Å². The van der Waals surface area contributed by atoms with Crippen molar-refractivity contribution in [3.63, 3.8) is 0 Å². The van der Waals surface area contributed by atoms with E-state index in [1.807, 2.05) is 51.4 Å². The number of nitrogens with two attached hydrogens (primary N) is 1. The largest absolute Gasteiger partial charge is 0.493 e. The van der Waals surface area contributed by atoms with Gasteiger partial charge in [0.2, 0.25) is 5.89 Å². The third-order valence-corrected chi connectivity index (χ3v) is 7.44. The molecule has 0 radical (unpaired) electrons. The van der Waals surface area contributed by atoms with Crippen molar-refractivity contribution in [3.8, 4) is 17.2 Å². The normalized spacial score (nSPS) is 22.0. The number of hydrogen-bond donors (Lipinski definition) is 2. The highest BCUT2D eigenvalue weighted by Gasteiger charge is 2.51. The van der Waals surface area contributed by atoms with Crippen LogP contribution < -0.4 is 15.8 Å². The summed E-state index contributed by atoms with van der Waals surface area (Å²) in [5, 5.41) is 11.8. The Bertz CT molecular complexity index is 979. The van der Waals surface area contributed by atoms with E-state index in [1.165, 1.54) is 11.8 Å². The number of thioether (sulfide) groups is 1. The fraction of sp³-hybridized carbons (Fsp3) is 0.700. The predicted octanol–water partition coefficient (Wildman–Crippen LogP) is 5.85. The van der Waals surface area contributed by atoms with Crippen LogP contribution in [-0.2, 0) is 9.53 Å². The monoisotopic (exact) mass is 562 g/mol. The van der Waals surface area contributed by atoms with Crippen LogP contribution in [0, 0.1) is 22.2 Å². The number of carbonyl (C=O) groups excluding carboxylic acids is 1. The van der Waals surface area contributed by atoms with Gasteiger partial charge in [-0.25, -0.2) is 0 Å². The first kappa shape index (κ1) is 33.3. The SMILES string of the molecule is CC.CNCC(C)(C)COCC(C)(C)COc1ccc(-c2nnc(SC)o2)cc1.NC1CC2(C1)CC(C=O)C2. The molecule has 4 rings (SSSR count). The Labute approximate surface area is 239 Å². The van der Waals surface area contributed by atoms with Crippen LogP contribution in [0.1, 0.15) is 67.2 Å². The van der Waals surface area contributed by atoms with Crippen LogP contribution in [-0.4, -0.2) is 62.2 Å². The third-order valence-electron chi connectivity index (χ3n) is 6.93. The van der Waals surface area contributed by atoms with E-state index in [0.717, 1.165) is 49.8 Å². The zero-order chi connectivity index (χ0) is 29.1. The average Bonchev–Trinajstić information content (AvgIpc) is 3.35. The molecule has 39 heavy (non-hydrogen) atoms. The van der Waals surface area contributed by atoms with Gasteiger partial charge in [-0.3, -0.25) is 0 Å². The Morgan fingerprint density at radius 3 is 2.18 bits per heavy atom. The van der Waals surface area contributed by atoms with Gasteiger partial charge in [0.25, 0.3) is 5.22 Å². The number of carbonyl (C=O) groups is 1. The summed E-state index contributed by atoms with van der Waals surface area (Å²) < 4.78 is 17.4. The Kier molecular flexibility index (Phi) is 12.9. The first-order chi connectivity index (χ1) is 18.5. The predicted molar refractivity (Wildman–Crippen MR) is 159 cm³/mol. The molecule has 2 fully saturated rings. The Morgan fingerprint density at radius 2 is 1.67 bits per heavy atom. The molecular formula is C30H50N4O4S. The number of nitrogens with zero attached hydrogens (tertiary/aromatic N) is 2. The molecule has 8 nitrogen and oxygen atoms in total. The van der Waals surface area contributed by atoms with Gasteiger partial charge in [-0.1, -0.05) is 53.3 Å². The zero-order valence-corrected chi connectivity index (χ0v) is 26.0. The van der Waals surface area contributed by atoms with Crippen molar-refractivity contribution < 1.29 is 18.7 Å². The minimum Gasteiger partial charge on any atom is -0.493 e. The van der Waals surface area contributed by atoms with Crippen LogP contribution in [0.4, 0.5) is 0 Å². The van der Waals surface area contributed by atoms with Crippen LogP contribution in [0.5, 0.6) is 5.75 Å². The summed E-state index contributed by atoms with van der Waals surface area (Å²) in [6.45, 7) is 15.6. The summed E-state index contributed by atoms with van der Waals surface area (Å²) in [6, 6.07) is 8.14. The van der Waals surface area contributed by atoms with Crippen molar-refractivity contribution in [2.24, 2.45) is 27.9 Å². The van der Waals surface area contributed by atoms with Gasteiger partial charge in [-0.15, -0.1) is 10.2 Å². The second-order valence-corrected chi connectivity index (χ2v) is 13.0. The first-order valence-corrected chi connectivity index (χ1v) is 15.3. The highest BCUT2D eigenvalue weighted by Crippen LogP contribution is 2.57. The van der Waals surface area contributed by atoms with Gasteiger partial charge in [0, 0.05) is 34.9 Å². The molecule has 0 atom stereocenters. The number of rotatable bonds is 12. The van der Waals surface area contributed by atoms with Crippen molar-refractivity contribution in [2.75, 3.05) is 39.7 Å². The molecule has 0 aliphatic heterocycles. The number of hydrogen-bond acceptors (Lipinski definition) is 9. The van der Waals surface area contributed by atoms with E-state index in [-0.39, 0.29) is 10.8 Å². The van der Waals surface area contributed by atoms with E-state index < -0.39 is 0 Å². The van der Waals surface area contributed by atoms with E-state index in [0.29, 0.717) is 48.3 Å². The van der Waals surface area contributed by atoms with Crippen molar-refractivity contribution >= 4 is 18.0 Å². The van der Waals surface area contributed by atoms with Crippen LogP contribution >= 0.6 is 11.8 Å². The van der Waals surface area contributed by atoms with E-state index >= 15 is 0 Å². The number of ether oxygens (including phenoxy) is 2. The average molecular weight is 563 g/mol. The minimum absolute atomic E-state index is 0.0753. The van der Waals surface area contributed by atoms with E-state index in [4.69, 9.17) is 19.6 Å². The van der Waals surface area contributed by atoms with Gasteiger partial charge in [0.05, 0.1) is 19.8 Å². The lowest BCUT2D eigenvalue weighted by atomic mass is 9.50. The van der Waals surface area contributed by atoms with Gasteiger partial charge >= 0.3 is 0 Å². The van der Waals surface area contributed by atoms with E-state index in [9.17, 15) is 4.79 Å². The molecule has 0 unspecified atom stereocenters. The summed E-state index contributed by atoms with van der Waals surface area (Å²) in [5.41, 5.74) is 7.12. The van der Waals surface area contributed by atoms with Crippen LogP contribution in [0.3, 0.4) is 0 Å². The molecule has 0 saturated heterocycles. The molecule has 3 N–H and O–H groups in total. The molecule has 1 spiro atoms. The Hall–Kier alpha value is -1.94. The maximum atomic E-state index is 10.3. The van der Waals surface area contributed by atoms with Gasteiger partial charge < -0.3 is 29.7 Å². The molecule has 220 valence electrons. The fourth-order valence-corrected chi connectivity index (χ4v) is 5.38. The summed E-state index contributed by atoms with van der Waals surface area (Å²) >= 11 is 1.43. The highest BCUT2D eigenvalue weighted by atomic mass is 32.2. The minimum atomic E-state index is -0.0753. The van der Waals surface area contributed by atoms with Gasteiger partial charge in [-0.2, -0.15) is 0 Å². The molecular weight excluding hydrogens is 512 g/mol. The lowest BCUT2D eigenvalue weighted by Crippen LogP contribution is -2.53. The van der Waals surface area contributed by atoms with Crippen LogP contribution in [0.25, 0.3) is 11.5 Å². The Balaban J connectivity index is 0.000000365. The zero-order valence-electron chi connectivity index (χ0n) is 25.2. The number of nitrogens with one attached hydrogen (secondary N) is 1. The second-order valence-electron chi connectivity index (χ2n) is 12.2. The van der Waals surface area contributed by atoms with Crippen molar-refractivity contribution in [1.29, 1.82) is 0 Å². The molecule has 2 saturated carbocycles. The Morgan fingerprint density at radius 1 is 1.05 bits per heavy atom. The molecule has 1 aromatic heterocycles. The van der Waals surface area contributed by atoms with Crippen LogP contribution in [0.15, 0.2) is 33.9 Å². The van der Waals surface area contributed by atoms with E-state index in [2.05, 4.69) is 43.2 Å². The summed E-state index contributed by atoms with van der Waals surface area (Å²) in [7, 11) is 1.96. The lowest BCUT2D eigenvalue weighted by Gasteiger charge is -2.55. The smallest absolute Gasteiger partial charge is 0.276 e. The first-order valence-electron chi connectivity index (χ1n) is 14.0. The van der Waals surface area contributed by atoms with Crippen molar-refractivity contribution in [2.45, 2.75) is 78.5 Å². The van der Waals surface area contributed by atoms with Gasteiger partial charge in [0.15, 0.2) is 0 Å². The highest BCUT2D eigenvalue weighted by molar-refractivity contribution is 7.98.